The van der Waals surface area contributed by atoms with Crippen molar-refractivity contribution in [2.75, 3.05) is 7.05 Å². The molecule has 0 saturated carbocycles. The van der Waals surface area contributed by atoms with E-state index in [9.17, 15) is 4.79 Å². The van der Waals surface area contributed by atoms with E-state index >= 15 is 0 Å². The smallest absolute Gasteiger partial charge is 0.222 e. The second-order valence-corrected chi connectivity index (χ2v) is 7.49. The molecule has 0 spiro atoms. The molecular formula is C17H22Cl2N2O. The molecule has 2 heterocycles. The van der Waals surface area contributed by atoms with Gasteiger partial charge in [0.05, 0.1) is 10.0 Å². The number of halogens is 2. The van der Waals surface area contributed by atoms with Gasteiger partial charge in [0.25, 0.3) is 0 Å². The number of amides is 1. The lowest BCUT2D eigenvalue weighted by Crippen LogP contribution is -2.39. The number of hydrogen-bond acceptors (Lipinski definition) is 2. The zero-order valence-corrected chi connectivity index (χ0v) is 14.3. The third-order valence-corrected chi connectivity index (χ3v) is 5.60. The summed E-state index contributed by atoms with van der Waals surface area (Å²) in [6, 6.07) is 6.80. The van der Waals surface area contributed by atoms with E-state index in [1.807, 2.05) is 19.2 Å². The highest BCUT2D eigenvalue weighted by molar-refractivity contribution is 6.42. The second kappa shape index (κ2) is 6.77. The lowest BCUT2D eigenvalue weighted by molar-refractivity contribution is -0.131. The molecule has 2 bridgehead atoms. The summed E-state index contributed by atoms with van der Waals surface area (Å²) >= 11 is 12.0. The maximum atomic E-state index is 12.4. The number of carbonyl (C=O) groups is 1. The van der Waals surface area contributed by atoms with E-state index < -0.39 is 0 Å². The van der Waals surface area contributed by atoms with Gasteiger partial charge in [-0.05, 0) is 49.3 Å². The molecule has 1 aromatic rings. The fourth-order valence-corrected chi connectivity index (χ4v) is 4.07. The molecule has 2 aliphatic rings. The Morgan fingerprint density at radius 2 is 1.91 bits per heavy atom. The number of piperidine rings is 1. The number of benzene rings is 1. The molecule has 120 valence electrons. The summed E-state index contributed by atoms with van der Waals surface area (Å²) in [6.07, 6.45) is 5.49. The van der Waals surface area contributed by atoms with Crippen molar-refractivity contribution in [2.45, 2.75) is 50.7 Å². The molecule has 2 aliphatic heterocycles. The van der Waals surface area contributed by atoms with Crippen molar-refractivity contribution in [3.05, 3.63) is 33.8 Å². The highest BCUT2D eigenvalue weighted by atomic mass is 35.5. The number of fused-ring (bicyclic) bond motifs is 2. The first-order chi connectivity index (χ1) is 10.5. The molecule has 1 amide bonds. The second-order valence-electron chi connectivity index (χ2n) is 6.68. The van der Waals surface area contributed by atoms with E-state index in [0.717, 1.165) is 18.4 Å². The highest BCUT2D eigenvalue weighted by Crippen LogP contribution is 2.33. The summed E-state index contributed by atoms with van der Waals surface area (Å²) in [5.74, 6) is 0.750. The van der Waals surface area contributed by atoms with Crippen LogP contribution in [0.25, 0.3) is 0 Å². The van der Waals surface area contributed by atoms with Crippen molar-refractivity contribution in [3.63, 3.8) is 0 Å². The Bertz CT molecular complexity index is 552. The zero-order valence-electron chi connectivity index (χ0n) is 12.8. The Hall–Kier alpha value is -0.770. The summed E-state index contributed by atoms with van der Waals surface area (Å²) in [5, 5.41) is 4.70. The molecule has 2 saturated heterocycles. The first-order valence-electron chi connectivity index (χ1n) is 7.95. The maximum Gasteiger partial charge on any atom is 0.222 e. The fourth-order valence-electron chi connectivity index (χ4n) is 3.74. The lowest BCUT2D eigenvalue weighted by Gasteiger charge is -2.30. The molecule has 2 fully saturated rings. The quantitative estimate of drug-likeness (QED) is 0.902. The van der Waals surface area contributed by atoms with E-state index in [4.69, 9.17) is 23.2 Å². The first kappa shape index (κ1) is 16.1. The molecule has 0 radical (unpaired) electrons. The summed E-state index contributed by atoms with van der Waals surface area (Å²) < 4.78 is 0. The van der Waals surface area contributed by atoms with E-state index in [1.54, 1.807) is 11.0 Å². The van der Waals surface area contributed by atoms with Gasteiger partial charge in [-0.2, -0.15) is 0 Å². The average Bonchev–Trinajstić information content (AvgIpc) is 2.82. The number of carbonyl (C=O) groups excluding carboxylic acids is 1. The van der Waals surface area contributed by atoms with E-state index in [0.29, 0.717) is 41.0 Å². The normalized spacial score (nSPS) is 27.0. The highest BCUT2D eigenvalue weighted by Gasteiger charge is 2.34. The minimum atomic E-state index is 0.220. The predicted molar refractivity (Wildman–Crippen MR) is 90.2 cm³/mol. The molecule has 2 atom stereocenters. The van der Waals surface area contributed by atoms with Crippen molar-refractivity contribution in [2.24, 2.45) is 5.92 Å². The topological polar surface area (TPSA) is 32.3 Å². The molecule has 3 rings (SSSR count). The predicted octanol–water partition coefficient (Wildman–Crippen LogP) is 3.87. The van der Waals surface area contributed by atoms with Crippen LogP contribution in [0.5, 0.6) is 0 Å². The van der Waals surface area contributed by atoms with Crippen LogP contribution < -0.4 is 5.32 Å². The van der Waals surface area contributed by atoms with Crippen LogP contribution >= 0.6 is 23.2 Å². The molecule has 1 N–H and O–H groups in total. The molecular weight excluding hydrogens is 319 g/mol. The summed E-state index contributed by atoms with van der Waals surface area (Å²) in [4.78, 5) is 14.2. The number of nitrogens with zero attached hydrogens (tertiary/aromatic N) is 1. The van der Waals surface area contributed by atoms with Gasteiger partial charge in [-0.3, -0.25) is 4.79 Å². The fraction of sp³-hybridized carbons (Fsp3) is 0.588. The number of rotatable bonds is 4. The Balaban J connectivity index is 1.54. The van der Waals surface area contributed by atoms with Gasteiger partial charge in [0.1, 0.15) is 0 Å². The molecule has 22 heavy (non-hydrogen) atoms. The van der Waals surface area contributed by atoms with Crippen LogP contribution in [0.2, 0.25) is 10.0 Å². The van der Waals surface area contributed by atoms with E-state index in [1.165, 1.54) is 12.8 Å². The Kier molecular flexibility index (Phi) is 4.96. The van der Waals surface area contributed by atoms with Crippen LogP contribution in [0.4, 0.5) is 0 Å². The monoisotopic (exact) mass is 340 g/mol. The average molecular weight is 341 g/mol. The minimum Gasteiger partial charge on any atom is -0.341 e. The third kappa shape index (κ3) is 3.76. The van der Waals surface area contributed by atoms with Crippen molar-refractivity contribution in [1.82, 2.24) is 10.2 Å². The Morgan fingerprint density at radius 3 is 2.55 bits per heavy atom. The van der Waals surface area contributed by atoms with Gasteiger partial charge in [-0.15, -0.1) is 0 Å². The van der Waals surface area contributed by atoms with Crippen molar-refractivity contribution < 1.29 is 4.79 Å². The Morgan fingerprint density at radius 1 is 1.23 bits per heavy atom. The van der Waals surface area contributed by atoms with Gasteiger partial charge in [0, 0.05) is 32.1 Å². The summed E-state index contributed by atoms with van der Waals surface area (Å²) in [7, 11) is 1.86. The van der Waals surface area contributed by atoms with Gasteiger partial charge >= 0.3 is 0 Å². The van der Waals surface area contributed by atoms with Gasteiger partial charge in [0.15, 0.2) is 0 Å². The third-order valence-electron chi connectivity index (χ3n) is 4.86. The molecule has 5 heteroatoms. The van der Waals surface area contributed by atoms with Crippen LogP contribution in [0.3, 0.4) is 0 Å². The van der Waals surface area contributed by atoms with Gasteiger partial charge in [-0.1, -0.05) is 29.3 Å². The van der Waals surface area contributed by atoms with Crippen LogP contribution in [0.1, 0.15) is 37.7 Å². The summed E-state index contributed by atoms with van der Waals surface area (Å²) in [5.41, 5.74) is 1.01. The number of hydrogen-bond donors (Lipinski definition) is 1. The van der Waals surface area contributed by atoms with E-state index in [-0.39, 0.29) is 5.91 Å². The number of nitrogens with one attached hydrogen (secondary N) is 1. The van der Waals surface area contributed by atoms with Crippen LogP contribution in [0.15, 0.2) is 18.2 Å². The zero-order chi connectivity index (χ0) is 15.7. The van der Waals surface area contributed by atoms with Crippen molar-refractivity contribution in [1.29, 1.82) is 0 Å². The lowest BCUT2D eigenvalue weighted by atomic mass is 9.89. The van der Waals surface area contributed by atoms with Crippen LogP contribution in [0, 0.1) is 5.92 Å². The maximum absolute atomic E-state index is 12.4. The molecule has 1 aromatic carbocycles. The summed E-state index contributed by atoms with van der Waals surface area (Å²) in [6.45, 7) is 0.577. The van der Waals surface area contributed by atoms with Crippen molar-refractivity contribution in [3.8, 4) is 0 Å². The Labute approximate surface area is 142 Å². The molecule has 0 aliphatic carbocycles. The molecule has 0 aromatic heterocycles. The van der Waals surface area contributed by atoms with Crippen LogP contribution in [-0.4, -0.2) is 29.9 Å². The largest absolute Gasteiger partial charge is 0.341 e. The van der Waals surface area contributed by atoms with Crippen molar-refractivity contribution >= 4 is 29.1 Å². The molecule has 3 nitrogen and oxygen atoms in total. The SMILES string of the molecule is CN(Cc1ccc(Cl)c(Cl)c1)C(=O)CC1CC2CCC(C1)N2. The van der Waals surface area contributed by atoms with Gasteiger partial charge < -0.3 is 10.2 Å². The first-order valence-corrected chi connectivity index (χ1v) is 8.71. The van der Waals surface area contributed by atoms with Crippen LogP contribution in [-0.2, 0) is 11.3 Å². The minimum absolute atomic E-state index is 0.220. The standard InChI is InChI=1S/C17H22Cl2N2O/c1-21(10-11-2-5-15(18)16(19)8-11)17(22)9-12-6-13-3-4-14(7-12)20-13/h2,5,8,12-14,20H,3-4,6-7,9-10H2,1H3. The van der Waals surface area contributed by atoms with Gasteiger partial charge in [0.2, 0.25) is 5.91 Å². The molecule has 2 unspecified atom stereocenters. The van der Waals surface area contributed by atoms with Gasteiger partial charge in [-0.25, -0.2) is 0 Å². The van der Waals surface area contributed by atoms with E-state index in [2.05, 4.69) is 5.32 Å².